The number of hydrogen-bond acceptors (Lipinski definition) is 2. The molecule has 11 heavy (non-hydrogen) atoms. The molecule has 2 aliphatic rings. The van der Waals surface area contributed by atoms with Crippen molar-refractivity contribution >= 4 is 37.0 Å². The summed E-state index contributed by atoms with van der Waals surface area (Å²) in [6.07, 6.45) is 0. The van der Waals surface area contributed by atoms with Gasteiger partial charge in [-0.25, -0.2) is 4.99 Å². The second-order valence-corrected chi connectivity index (χ2v) is 5.55. The predicted molar refractivity (Wildman–Crippen MR) is 53.0 cm³/mol. The monoisotopic (exact) mass is 179 g/mol. The lowest BCUT2D eigenvalue weighted by Gasteiger charge is -2.10. The van der Waals surface area contributed by atoms with Crippen molar-refractivity contribution in [2.45, 2.75) is 4.90 Å². The normalized spacial score (nSPS) is 24.4. The molecule has 1 aromatic carbocycles. The lowest BCUT2D eigenvalue weighted by molar-refractivity contribution is 1.41. The molecule has 2 heterocycles. The van der Waals surface area contributed by atoms with Crippen LogP contribution in [0.4, 0.5) is 5.69 Å². The van der Waals surface area contributed by atoms with Crippen LogP contribution in [0, 0.1) is 0 Å². The average Bonchev–Trinajstić information content (AvgIpc) is 2.23. The van der Waals surface area contributed by atoms with E-state index in [9.17, 15) is 0 Å². The van der Waals surface area contributed by atoms with Crippen LogP contribution in [0.5, 0.6) is 0 Å². The summed E-state index contributed by atoms with van der Waals surface area (Å²) in [7, 11) is 0.276. The van der Waals surface area contributed by atoms with Gasteiger partial charge in [0.15, 0.2) is 0 Å². The van der Waals surface area contributed by atoms with Crippen molar-refractivity contribution in [2.75, 3.05) is 0 Å². The molecule has 1 nitrogen and oxygen atoms in total. The van der Waals surface area contributed by atoms with E-state index in [1.807, 2.05) is 6.07 Å². The van der Waals surface area contributed by atoms with Crippen LogP contribution in [0.1, 0.15) is 0 Å². The molecule has 1 unspecified atom stereocenters. The zero-order valence-corrected chi connectivity index (χ0v) is 7.28. The summed E-state index contributed by atoms with van der Waals surface area (Å²) in [5, 5.41) is 0. The average molecular weight is 179 g/mol. The van der Waals surface area contributed by atoms with Gasteiger partial charge in [-0.05, 0) is 12.1 Å². The molecular formula is C8H5NS2. The second kappa shape index (κ2) is 1.99. The van der Waals surface area contributed by atoms with E-state index in [4.69, 9.17) is 0 Å². The fraction of sp³-hybridized carbons (Fsp3) is 0. The van der Waals surface area contributed by atoms with Crippen LogP contribution in [0.15, 0.2) is 34.2 Å². The molecule has 1 aromatic rings. The van der Waals surface area contributed by atoms with E-state index in [2.05, 4.69) is 27.9 Å². The minimum atomic E-state index is 0.276. The van der Waals surface area contributed by atoms with Crippen LogP contribution in [-0.2, 0) is 0 Å². The van der Waals surface area contributed by atoms with E-state index in [-0.39, 0.29) is 10.5 Å². The molecule has 0 saturated carbocycles. The van der Waals surface area contributed by atoms with Gasteiger partial charge in [-0.2, -0.15) is 0 Å². The standard InChI is InChI=1S/C8H5NS2/c1-2-4-7-6(3-1)9-8-10-5-11(7)8/h1-5H. The Labute approximate surface area is 71.5 Å². The van der Waals surface area contributed by atoms with Crippen molar-refractivity contribution in [2.24, 2.45) is 4.99 Å². The highest BCUT2D eigenvalue weighted by Crippen LogP contribution is 2.51. The third kappa shape index (κ3) is 0.698. The number of rotatable bonds is 0. The highest BCUT2D eigenvalue weighted by Gasteiger charge is 2.24. The first kappa shape index (κ1) is 6.03. The summed E-state index contributed by atoms with van der Waals surface area (Å²) in [4.78, 5) is 5.88. The van der Waals surface area contributed by atoms with Crippen molar-refractivity contribution in [1.82, 2.24) is 0 Å². The first-order valence-corrected chi connectivity index (χ1v) is 5.53. The van der Waals surface area contributed by atoms with Gasteiger partial charge in [0.05, 0.1) is 5.69 Å². The largest absolute Gasteiger partial charge is 0.234 e. The summed E-state index contributed by atoms with van der Waals surface area (Å²) in [6.45, 7) is 0. The zero-order valence-electron chi connectivity index (χ0n) is 5.65. The van der Waals surface area contributed by atoms with Crippen molar-refractivity contribution in [3.05, 3.63) is 24.3 Å². The summed E-state index contributed by atoms with van der Waals surface area (Å²) in [6, 6.07) is 8.39. The second-order valence-electron chi connectivity index (χ2n) is 2.40. The van der Waals surface area contributed by atoms with Crippen LogP contribution in [0.3, 0.4) is 0 Å². The smallest absolute Gasteiger partial charge is 0.134 e. The molecule has 0 saturated heterocycles. The summed E-state index contributed by atoms with van der Waals surface area (Å²) >= 11 is 1.77. The van der Waals surface area contributed by atoms with Gasteiger partial charge < -0.3 is 0 Å². The van der Waals surface area contributed by atoms with Gasteiger partial charge in [0.1, 0.15) is 4.38 Å². The Kier molecular flexibility index (Phi) is 1.09. The Morgan fingerprint density at radius 3 is 3.00 bits per heavy atom. The fourth-order valence-corrected chi connectivity index (χ4v) is 4.09. The Balaban J connectivity index is 2.36. The number of fused-ring (bicyclic) bond motifs is 3. The molecule has 0 amide bonds. The fourth-order valence-electron chi connectivity index (χ4n) is 1.19. The van der Waals surface area contributed by atoms with Crippen LogP contribution in [0.25, 0.3) is 0 Å². The van der Waals surface area contributed by atoms with E-state index < -0.39 is 0 Å². The maximum Gasteiger partial charge on any atom is 0.134 e. The number of nitrogens with zero attached hydrogens (tertiary/aromatic N) is 1. The molecule has 0 spiro atoms. The van der Waals surface area contributed by atoms with Crippen LogP contribution in [-0.4, -0.2) is 9.08 Å². The lowest BCUT2D eigenvalue weighted by atomic mass is 10.3. The predicted octanol–water partition coefficient (Wildman–Crippen LogP) is 2.82. The highest BCUT2D eigenvalue weighted by atomic mass is 32.3. The number of para-hydroxylation sites is 1. The van der Waals surface area contributed by atoms with E-state index in [0.29, 0.717) is 0 Å². The van der Waals surface area contributed by atoms with Crippen LogP contribution >= 0.6 is 22.2 Å². The molecule has 0 fully saturated rings. The molecule has 0 aromatic heterocycles. The quantitative estimate of drug-likeness (QED) is 0.440. The molecule has 0 bridgehead atoms. The van der Waals surface area contributed by atoms with Gasteiger partial charge in [-0.3, -0.25) is 0 Å². The maximum absolute atomic E-state index is 4.48. The van der Waals surface area contributed by atoms with Crippen LogP contribution < -0.4 is 0 Å². The number of hydrogen-bond donors (Lipinski definition) is 0. The van der Waals surface area contributed by atoms with Gasteiger partial charge >= 0.3 is 0 Å². The van der Waals surface area contributed by atoms with E-state index in [1.54, 1.807) is 11.8 Å². The molecule has 0 aliphatic carbocycles. The van der Waals surface area contributed by atoms with Gasteiger partial charge in [-0.1, -0.05) is 34.4 Å². The van der Waals surface area contributed by atoms with Crippen molar-refractivity contribution in [1.29, 1.82) is 0 Å². The Bertz CT molecular complexity index is 393. The molecule has 54 valence electrons. The molecular weight excluding hydrogens is 174 g/mol. The molecule has 1 atom stereocenters. The maximum atomic E-state index is 4.48. The van der Waals surface area contributed by atoms with Gasteiger partial charge in [0, 0.05) is 9.59 Å². The Morgan fingerprint density at radius 1 is 1.27 bits per heavy atom. The molecule has 0 N–H and O–H groups in total. The topological polar surface area (TPSA) is 12.4 Å². The minimum Gasteiger partial charge on any atom is -0.234 e. The SMILES string of the molecule is C1=S2C(=Nc3ccccc32)S1. The summed E-state index contributed by atoms with van der Waals surface area (Å²) in [5.41, 5.74) is 1.17. The number of aliphatic imine (C=N–C) groups is 1. The molecule has 2 aliphatic heterocycles. The third-order valence-electron chi connectivity index (χ3n) is 1.75. The number of thioether (sulfide) groups is 1. The Hall–Kier alpha value is -0.540. The van der Waals surface area contributed by atoms with Crippen molar-refractivity contribution < 1.29 is 0 Å². The Morgan fingerprint density at radius 2 is 2.18 bits per heavy atom. The molecule has 0 radical (unpaired) electrons. The first-order valence-electron chi connectivity index (χ1n) is 3.36. The summed E-state index contributed by atoms with van der Waals surface area (Å²) in [5.74, 6) is 0. The first-order chi connectivity index (χ1) is 5.45. The minimum absolute atomic E-state index is 0.276. The summed E-state index contributed by atoms with van der Waals surface area (Å²) < 4.78 is 3.57. The van der Waals surface area contributed by atoms with Gasteiger partial charge in [-0.15, -0.1) is 0 Å². The van der Waals surface area contributed by atoms with E-state index in [1.165, 1.54) is 15.0 Å². The van der Waals surface area contributed by atoms with Crippen molar-refractivity contribution in [3.8, 4) is 0 Å². The molecule has 3 heteroatoms. The third-order valence-corrected chi connectivity index (χ3v) is 5.31. The van der Waals surface area contributed by atoms with E-state index in [0.717, 1.165) is 0 Å². The van der Waals surface area contributed by atoms with Gasteiger partial charge in [0.25, 0.3) is 0 Å². The molecule has 3 rings (SSSR count). The number of benzene rings is 1. The van der Waals surface area contributed by atoms with Gasteiger partial charge in [0.2, 0.25) is 0 Å². The van der Waals surface area contributed by atoms with Crippen LogP contribution in [0.2, 0.25) is 0 Å². The zero-order chi connectivity index (χ0) is 7.26. The lowest BCUT2D eigenvalue weighted by Crippen LogP contribution is -1.93. The van der Waals surface area contributed by atoms with E-state index >= 15 is 0 Å². The highest BCUT2D eigenvalue weighted by molar-refractivity contribution is 8.65. The van der Waals surface area contributed by atoms with Crippen molar-refractivity contribution in [3.63, 3.8) is 0 Å².